The van der Waals surface area contributed by atoms with Gasteiger partial charge in [0.15, 0.2) is 5.16 Å². The molecule has 0 aliphatic rings. The number of benzene rings is 2. The molecule has 0 bridgehead atoms. The van der Waals surface area contributed by atoms with E-state index in [4.69, 9.17) is 4.74 Å². The van der Waals surface area contributed by atoms with Crippen LogP contribution in [0.2, 0.25) is 0 Å². The van der Waals surface area contributed by atoms with Crippen LogP contribution in [0.5, 0.6) is 5.75 Å². The van der Waals surface area contributed by atoms with E-state index in [1.54, 1.807) is 0 Å². The number of carbonyl (C=O) groups excluding carboxylic acids is 1. The van der Waals surface area contributed by atoms with Gasteiger partial charge in [-0.25, -0.2) is 4.98 Å². The number of nitrogens with one attached hydrogen (secondary N) is 1. The minimum atomic E-state index is -0.520. The summed E-state index contributed by atoms with van der Waals surface area (Å²) in [5, 5.41) is 14.4. The van der Waals surface area contributed by atoms with Crippen molar-refractivity contribution in [2.45, 2.75) is 18.6 Å². The molecule has 1 amide bonds. The van der Waals surface area contributed by atoms with Crippen molar-refractivity contribution >= 4 is 40.1 Å². The van der Waals surface area contributed by atoms with E-state index in [1.807, 2.05) is 35.8 Å². The van der Waals surface area contributed by atoms with E-state index in [0.29, 0.717) is 5.75 Å². The monoisotopic (exact) mass is 386 g/mol. The van der Waals surface area contributed by atoms with Crippen molar-refractivity contribution < 1.29 is 14.5 Å². The van der Waals surface area contributed by atoms with Crippen molar-refractivity contribution in [1.29, 1.82) is 0 Å². The zero-order chi connectivity index (χ0) is 19.4. The fourth-order valence-corrected chi connectivity index (χ4v) is 3.57. The molecule has 1 heterocycles. The number of aromatic nitrogens is 2. The van der Waals surface area contributed by atoms with Crippen LogP contribution < -0.4 is 10.1 Å². The molecule has 0 spiro atoms. The van der Waals surface area contributed by atoms with Crippen molar-refractivity contribution in [2.75, 3.05) is 18.2 Å². The number of nitro benzene ring substituents is 1. The van der Waals surface area contributed by atoms with Gasteiger partial charge in [-0.3, -0.25) is 14.9 Å². The van der Waals surface area contributed by atoms with E-state index in [1.165, 1.54) is 37.1 Å². The van der Waals surface area contributed by atoms with Crippen LogP contribution in [0.15, 0.2) is 47.6 Å². The lowest BCUT2D eigenvalue weighted by Crippen LogP contribution is -2.15. The summed E-state index contributed by atoms with van der Waals surface area (Å²) >= 11 is 1.31. The molecule has 8 nitrogen and oxygen atoms in total. The predicted octanol–water partition coefficient (Wildman–Crippen LogP) is 3.70. The molecule has 3 aromatic rings. The zero-order valence-corrected chi connectivity index (χ0v) is 15.7. The number of aryl methyl sites for hydroxylation is 1. The van der Waals surface area contributed by atoms with Crippen LogP contribution in [0.25, 0.3) is 11.0 Å². The molecule has 0 aliphatic carbocycles. The second kappa shape index (κ2) is 8.09. The third-order valence-electron chi connectivity index (χ3n) is 3.94. The van der Waals surface area contributed by atoms with Crippen LogP contribution in [-0.2, 0) is 11.3 Å². The van der Waals surface area contributed by atoms with Gasteiger partial charge in [-0.05, 0) is 25.1 Å². The largest absolute Gasteiger partial charge is 0.495 e. The van der Waals surface area contributed by atoms with Crippen LogP contribution in [0.3, 0.4) is 0 Å². The number of nitrogens with zero attached hydrogens (tertiary/aromatic N) is 3. The van der Waals surface area contributed by atoms with Crippen molar-refractivity contribution in [1.82, 2.24) is 9.55 Å². The number of amides is 1. The summed E-state index contributed by atoms with van der Waals surface area (Å²) in [5.74, 6) is 0.183. The van der Waals surface area contributed by atoms with Crippen molar-refractivity contribution in [3.63, 3.8) is 0 Å². The van der Waals surface area contributed by atoms with Crippen LogP contribution in [-0.4, -0.2) is 33.2 Å². The van der Waals surface area contributed by atoms with Crippen molar-refractivity contribution in [3.05, 3.63) is 52.6 Å². The number of rotatable bonds is 7. The molecule has 2 aromatic carbocycles. The SMILES string of the molecule is CCn1c(SCC(=O)Nc2cc([N+](=O)[O-])ccc2OC)nc2ccccc21. The average molecular weight is 386 g/mol. The molecule has 0 fully saturated rings. The number of imidazole rings is 1. The summed E-state index contributed by atoms with van der Waals surface area (Å²) in [6, 6.07) is 11.9. The van der Waals surface area contributed by atoms with Gasteiger partial charge in [0.05, 0.1) is 34.5 Å². The van der Waals surface area contributed by atoms with Crippen LogP contribution >= 0.6 is 11.8 Å². The molecule has 3 rings (SSSR count). The summed E-state index contributed by atoms with van der Waals surface area (Å²) in [4.78, 5) is 27.3. The number of carbonyl (C=O) groups is 1. The molecule has 0 radical (unpaired) electrons. The maximum atomic E-state index is 12.4. The quantitative estimate of drug-likeness (QED) is 0.378. The predicted molar refractivity (Wildman–Crippen MR) is 104 cm³/mol. The van der Waals surface area contributed by atoms with Crippen LogP contribution in [0, 0.1) is 10.1 Å². The molecular weight excluding hydrogens is 368 g/mol. The first-order valence-corrected chi connectivity index (χ1v) is 9.22. The lowest BCUT2D eigenvalue weighted by molar-refractivity contribution is -0.384. The normalized spacial score (nSPS) is 10.7. The summed E-state index contributed by atoms with van der Waals surface area (Å²) in [6.07, 6.45) is 0. The van der Waals surface area contributed by atoms with E-state index < -0.39 is 4.92 Å². The van der Waals surface area contributed by atoms with Gasteiger partial charge < -0.3 is 14.6 Å². The summed E-state index contributed by atoms with van der Waals surface area (Å²) in [6.45, 7) is 2.76. The van der Waals surface area contributed by atoms with Gasteiger partial charge in [-0.15, -0.1) is 0 Å². The Morgan fingerprint density at radius 1 is 1.33 bits per heavy atom. The van der Waals surface area contributed by atoms with E-state index in [9.17, 15) is 14.9 Å². The third kappa shape index (κ3) is 4.03. The minimum Gasteiger partial charge on any atom is -0.495 e. The Balaban J connectivity index is 1.74. The standard InChI is InChI=1S/C18H18N4O4S/c1-3-21-15-7-5-4-6-13(15)20-18(21)27-11-17(23)19-14-10-12(22(24)25)8-9-16(14)26-2/h4-10H,3,11H2,1-2H3,(H,19,23). The van der Waals surface area contributed by atoms with E-state index in [2.05, 4.69) is 10.3 Å². The molecule has 0 unspecified atom stereocenters. The molecule has 140 valence electrons. The molecule has 1 N–H and O–H groups in total. The van der Waals surface area contributed by atoms with Gasteiger partial charge in [0, 0.05) is 18.7 Å². The Labute approximate surface area is 159 Å². The van der Waals surface area contributed by atoms with Crippen molar-refractivity contribution in [2.24, 2.45) is 0 Å². The van der Waals surface area contributed by atoms with Gasteiger partial charge in [0.2, 0.25) is 5.91 Å². The average Bonchev–Trinajstić information content (AvgIpc) is 3.03. The van der Waals surface area contributed by atoms with Gasteiger partial charge in [-0.2, -0.15) is 0 Å². The number of hydrogen-bond donors (Lipinski definition) is 1. The highest BCUT2D eigenvalue weighted by atomic mass is 32.2. The third-order valence-corrected chi connectivity index (χ3v) is 4.91. The van der Waals surface area contributed by atoms with E-state index in [-0.39, 0.29) is 23.0 Å². The number of methoxy groups -OCH3 is 1. The fourth-order valence-electron chi connectivity index (χ4n) is 2.69. The molecule has 0 saturated heterocycles. The number of anilines is 1. The maximum absolute atomic E-state index is 12.4. The maximum Gasteiger partial charge on any atom is 0.271 e. The Bertz CT molecular complexity index is 1000. The fraction of sp³-hybridized carbons (Fsp3) is 0.222. The number of hydrogen-bond acceptors (Lipinski definition) is 6. The molecule has 0 aliphatic heterocycles. The first-order chi connectivity index (χ1) is 13.0. The number of ether oxygens (including phenoxy) is 1. The molecule has 9 heteroatoms. The van der Waals surface area contributed by atoms with Gasteiger partial charge in [-0.1, -0.05) is 23.9 Å². The minimum absolute atomic E-state index is 0.119. The van der Waals surface area contributed by atoms with Crippen LogP contribution in [0.1, 0.15) is 6.92 Å². The lowest BCUT2D eigenvalue weighted by atomic mass is 10.2. The van der Waals surface area contributed by atoms with Gasteiger partial charge in [0.25, 0.3) is 5.69 Å². The Kier molecular flexibility index (Phi) is 5.60. The molecular formula is C18H18N4O4S. The summed E-state index contributed by atoms with van der Waals surface area (Å²) in [5.41, 5.74) is 2.04. The number of non-ortho nitro benzene ring substituents is 1. The number of thioether (sulfide) groups is 1. The van der Waals surface area contributed by atoms with Crippen molar-refractivity contribution in [3.8, 4) is 5.75 Å². The highest BCUT2D eigenvalue weighted by Crippen LogP contribution is 2.29. The number of fused-ring (bicyclic) bond motifs is 1. The van der Waals surface area contributed by atoms with Crippen LogP contribution in [0.4, 0.5) is 11.4 Å². The van der Waals surface area contributed by atoms with Gasteiger partial charge >= 0.3 is 0 Å². The summed E-state index contributed by atoms with van der Waals surface area (Å²) in [7, 11) is 1.44. The molecule has 0 atom stereocenters. The Morgan fingerprint density at radius 3 is 2.81 bits per heavy atom. The molecule has 27 heavy (non-hydrogen) atoms. The lowest BCUT2D eigenvalue weighted by Gasteiger charge is -2.10. The first-order valence-electron chi connectivity index (χ1n) is 8.23. The molecule has 1 aromatic heterocycles. The number of para-hydroxylation sites is 2. The Hall–Kier alpha value is -3.07. The molecule has 0 saturated carbocycles. The topological polar surface area (TPSA) is 99.3 Å². The van der Waals surface area contributed by atoms with E-state index >= 15 is 0 Å². The first kappa shape index (κ1) is 18.7. The summed E-state index contributed by atoms with van der Waals surface area (Å²) < 4.78 is 7.20. The number of nitro groups is 1. The highest BCUT2D eigenvalue weighted by molar-refractivity contribution is 7.99. The second-order valence-electron chi connectivity index (χ2n) is 5.61. The highest BCUT2D eigenvalue weighted by Gasteiger charge is 2.15. The van der Waals surface area contributed by atoms with Gasteiger partial charge in [0.1, 0.15) is 5.75 Å². The Morgan fingerprint density at radius 2 is 2.11 bits per heavy atom. The zero-order valence-electron chi connectivity index (χ0n) is 14.8. The van der Waals surface area contributed by atoms with E-state index in [0.717, 1.165) is 22.7 Å². The second-order valence-corrected chi connectivity index (χ2v) is 6.55. The smallest absolute Gasteiger partial charge is 0.271 e.